The number of hydrogen-bond donors (Lipinski definition) is 1. The molecule has 0 saturated heterocycles. The van der Waals surface area contributed by atoms with Crippen LogP contribution in [0, 0.1) is 6.92 Å². The number of nitrogens with two attached hydrogens (primary N) is 1. The van der Waals surface area contributed by atoms with Gasteiger partial charge < -0.3 is 10.2 Å². The highest BCUT2D eigenvalue weighted by Crippen LogP contribution is 2.18. The maximum absolute atomic E-state index is 11.9. The first-order valence-electron chi connectivity index (χ1n) is 4.59. The predicted molar refractivity (Wildman–Crippen MR) is 59.1 cm³/mol. The van der Waals surface area contributed by atoms with Gasteiger partial charge in [-0.2, -0.15) is 0 Å². The van der Waals surface area contributed by atoms with Crippen molar-refractivity contribution in [1.29, 1.82) is 0 Å². The molecule has 2 rings (SSSR count). The summed E-state index contributed by atoms with van der Waals surface area (Å²) in [6.45, 7) is 2.28. The van der Waals surface area contributed by atoms with E-state index in [0.717, 1.165) is 4.88 Å². The zero-order chi connectivity index (χ0) is 10.8. The van der Waals surface area contributed by atoms with Crippen LogP contribution in [-0.2, 0) is 6.54 Å². The molecule has 0 unspecified atom stereocenters. The molecule has 0 saturated carbocycles. The van der Waals surface area contributed by atoms with E-state index in [-0.39, 0.29) is 5.78 Å². The van der Waals surface area contributed by atoms with Crippen molar-refractivity contribution in [3.63, 3.8) is 0 Å². The monoisotopic (exact) mass is 221 g/mol. The normalized spacial score (nSPS) is 10.5. The van der Waals surface area contributed by atoms with E-state index in [2.05, 4.69) is 0 Å². The fourth-order valence-corrected chi connectivity index (χ4v) is 2.00. The number of carbonyl (C=O) groups is 1. The Morgan fingerprint density at radius 1 is 1.53 bits per heavy atom. The molecule has 2 aromatic heterocycles. The maximum atomic E-state index is 11.9. The summed E-state index contributed by atoms with van der Waals surface area (Å²) in [7, 11) is 0. The quantitative estimate of drug-likeness (QED) is 0.809. The molecule has 0 radical (unpaired) electrons. The van der Waals surface area contributed by atoms with Crippen LogP contribution in [0.25, 0.3) is 0 Å². The van der Waals surface area contributed by atoms with E-state index in [0.29, 0.717) is 23.6 Å². The van der Waals surface area contributed by atoms with Gasteiger partial charge in [-0.25, -0.2) is 0 Å². The standard InChI is InChI=1S/C11H11NO2S/c1-7-4-8(6-15-7)11(13)10-3-2-9(5-12)14-10/h2-4,6H,5,12H2,1H3. The van der Waals surface area contributed by atoms with Crippen molar-refractivity contribution in [2.75, 3.05) is 0 Å². The van der Waals surface area contributed by atoms with Gasteiger partial charge >= 0.3 is 0 Å². The Morgan fingerprint density at radius 3 is 2.87 bits per heavy atom. The Morgan fingerprint density at radius 2 is 2.33 bits per heavy atom. The van der Waals surface area contributed by atoms with Gasteiger partial charge in [-0.1, -0.05) is 0 Å². The molecule has 78 valence electrons. The largest absolute Gasteiger partial charge is 0.456 e. The van der Waals surface area contributed by atoms with E-state index in [1.54, 1.807) is 23.5 Å². The number of carbonyl (C=O) groups excluding carboxylic acids is 1. The molecule has 2 aromatic rings. The zero-order valence-corrected chi connectivity index (χ0v) is 9.14. The molecule has 0 spiro atoms. The number of rotatable bonds is 3. The van der Waals surface area contributed by atoms with Gasteiger partial charge in [-0.15, -0.1) is 11.3 Å². The molecule has 4 heteroatoms. The summed E-state index contributed by atoms with van der Waals surface area (Å²) < 4.78 is 5.29. The lowest BCUT2D eigenvalue weighted by molar-refractivity contribution is 0.101. The Labute approximate surface area is 91.5 Å². The van der Waals surface area contributed by atoms with E-state index in [1.807, 2.05) is 18.4 Å². The van der Waals surface area contributed by atoms with Crippen LogP contribution >= 0.6 is 11.3 Å². The van der Waals surface area contributed by atoms with E-state index in [4.69, 9.17) is 10.2 Å². The van der Waals surface area contributed by atoms with Gasteiger partial charge in [-0.05, 0) is 25.1 Å². The molecule has 0 aliphatic rings. The molecule has 0 bridgehead atoms. The van der Waals surface area contributed by atoms with Crippen LogP contribution in [0.15, 0.2) is 28.0 Å². The lowest BCUT2D eigenvalue weighted by Gasteiger charge is -1.92. The van der Waals surface area contributed by atoms with Crippen LogP contribution in [0.3, 0.4) is 0 Å². The Hall–Kier alpha value is -1.39. The highest BCUT2D eigenvalue weighted by atomic mass is 32.1. The first kappa shape index (κ1) is 10.1. The summed E-state index contributed by atoms with van der Waals surface area (Å²) in [4.78, 5) is 13.0. The Bertz CT molecular complexity index is 484. The van der Waals surface area contributed by atoms with Gasteiger partial charge in [0.05, 0.1) is 6.54 Å². The minimum atomic E-state index is -0.0842. The van der Waals surface area contributed by atoms with Crippen LogP contribution in [0.4, 0.5) is 0 Å². The molecule has 2 heterocycles. The molecule has 0 aliphatic carbocycles. The third-order valence-electron chi connectivity index (χ3n) is 2.08. The molecule has 0 aliphatic heterocycles. The number of aryl methyl sites for hydroxylation is 1. The van der Waals surface area contributed by atoms with Crippen LogP contribution in [0.2, 0.25) is 0 Å². The van der Waals surface area contributed by atoms with E-state index >= 15 is 0 Å². The minimum Gasteiger partial charge on any atom is -0.456 e. The highest BCUT2D eigenvalue weighted by molar-refractivity contribution is 7.10. The molecule has 15 heavy (non-hydrogen) atoms. The SMILES string of the molecule is Cc1cc(C(=O)c2ccc(CN)o2)cs1. The lowest BCUT2D eigenvalue weighted by Crippen LogP contribution is -1.98. The number of ketones is 1. The molecule has 2 N–H and O–H groups in total. The summed E-state index contributed by atoms with van der Waals surface area (Å²) in [5.74, 6) is 0.901. The van der Waals surface area contributed by atoms with Crippen LogP contribution in [0.1, 0.15) is 26.8 Å². The number of hydrogen-bond acceptors (Lipinski definition) is 4. The molecule has 0 amide bonds. The molecule has 3 nitrogen and oxygen atoms in total. The second-order valence-corrected chi connectivity index (χ2v) is 4.36. The number of thiophene rings is 1. The Kier molecular flexibility index (Phi) is 2.70. The lowest BCUT2D eigenvalue weighted by atomic mass is 10.2. The summed E-state index contributed by atoms with van der Waals surface area (Å²) >= 11 is 1.55. The summed E-state index contributed by atoms with van der Waals surface area (Å²) in [6, 6.07) is 5.25. The predicted octanol–water partition coefficient (Wildman–Crippen LogP) is 2.34. The fraction of sp³-hybridized carbons (Fsp3) is 0.182. The third kappa shape index (κ3) is 2.00. The first-order chi connectivity index (χ1) is 7.20. The average Bonchev–Trinajstić information content (AvgIpc) is 2.84. The minimum absolute atomic E-state index is 0.0842. The molecule has 0 fully saturated rings. The average molecular weight is 221 g/mol. The van der Waals surface area contributed by atoms with Crippen molar-refractivity contribution < 1.29 is 9.21 Å². The van der Waals surface area contributed by atoms with Crippen LogP contribution < -0.4 is 5.73 Å². The topological polar surface area (TPSA) is 56.2 Å². The van der Waals surface area contributed by atoms with Gasteiger partial charge in [0, 0.05) is 15.8 Å². The van der Waals surface area contributed by atoms with Crippen molar-refractivity contribution in [2.24, 2.45) is 5.73 Å². The van der Waals surface area contributed by atoms with E-state index in [9.17, 15) is 4.79 Å². The summed E-state index contributed by atoms with van der Waals surface area (Å²) in [5, 5.41) is 1.84. The van der Waals surface area contributed by atoms with Crippen molar-refractivity contribution in [3.05, 3.63) is 45.5 Å². The smallest absolute Gasteiger partial charge is 0.229 e. The molecule has 0 atom stereocenters. The Balaban J connectivity index is 2.28. The third-order valence-corrected chi connectivity index (χ3v) is 2.94. The van der Waals surface area contributed by atoms with Crippen molar-refractivity contribution in [3.8, 4) is 0 Å². The van der Waals surface area contributed by atoms with Crippen LogP contribution in [-0.4, -0.2) is 5.78 Å². The van der Waals surface area contributed by atoms with Crippen molar-refractivity contribution >= 4 is 17.1 Å². The zero-order valence-electron chi connectivity index (χ0n) is 8.32. The van der Waals surface area contributed by atoms with Gasteiger partial charge in [-0.3, -0.25) is 4.79 Å². The second kappa shape index (κ2) is 4.00. The first-order valence-corrected chi connectivity index (χ1v) is 5.47. The van der Waals surface area contributed by atoms with Crippen LogP contribution in [0.5, 0.6) is 0 Å². The molecular weight excluding hydrogens is 210 g/mol. The van der Waals surface area contributed by atoms with E-state index in [1.165, 1.54) is 0 Å². The van der Waals surface area contributed by atoms with Gasteiger partial charge in [0.15, 0.2) is 5.76 Å². The molecular formula is C11H11NO2S. The molecule has 0 aromatic carbocycles. The van der Waals surface area contributed by atoms with E-state index < -0.39 is 0 Å². The second-order valence-electron chi connectivity index (χ2n) is 3.25. The van der Waals surface area contributed by atoms with Gasteiger partial charge in [0.25, 0.3) is 0 Å². The maximum Gasteiger partial charge on any atom is 0.229 e. The number of furan rings is 1. The summed E-state index contributed by atoms with van der Waals surface area (Å²) in [6.07, 6.45) is 0. The van der Waals surface area contributed by atoms with Gasteiger partial charge in [0.1, 0.15) is 5.76 Å². The fourth-order valence-electron chi connectivity index (χ4n) is 1.31. The summed E-state index contributed by atoms with van der Waals surface area (Å²) in [5.41, 5.74) is 6.08. The highest BCUT2D eigenvalue weighted by Gasteiger charge is 2.14. The van der Waals surface area contributed by atoms with Crippen molar-refractivity contribution in [1.82, 2.24) is 0 Å². The van der Waals surface area contributed by atoms with Crippen molar-refractivity contribution in [2.45, 2.75) is 13.5 Å². The van der Waals surface area contributed by atoms with Gasteiger partial charge in [0.2, 0.25) is 5.78 Å².